The van der Waals surface area contributed by atoms with E-state index in [1.165, 1.54) is 0 Å². The Morgan fingerprint density at radius 2 is 1.52 bits per heavy atom. The summed E-state index contributed by atoms with van der Waals surface area (Å²) in [5.41, 5.74) is -1.20. The number of ether oxygens (including phenoxy) is 1. The molecular formula is C19H38O3Si. The monoisotopic (exact) mass is 342 g/mol. The molecule has 1 rings (SSSR count). The highest BCUT2D eigenvalue weighted by molar-refractivity contribution is 6.80. The molecule has 0 aliphatic heterocycles. The van der Waals surface area contributed by atoms with E-state index in [0.717, 1.165) is 25.7 Å². The maximum atomic E-state index is 13.0. The summed E-state index contributed by atoms with van der Waals surface area (Å²) in [5, 5.41) is 11.3. The molecule has 1 atom stereocenters. The normalized spacial score (nSPS) is 27.6. The largest absolute Gasteiger partial charge is 0.462 e. The maximum Gasteiger partial charge on any atom is 0.309 e. The van der Waals surface area contributed by atoms with E-state index in [-0.39, 0.29) is 17.6 Å². The molecule has 1 N–H and O–H groups in total. The Kier molecular flexibility index (Phi) is 6.92. The van der Waals surface area contributed by atoms with Gasteiger partial charge in [0.05, 0.1) is 19.2 Å². The number of rotatable bonds is 6. The standard InChI is InChI=1S/C19H38O3Si/c1-13(2)16(14(3)4)22-18(20)17(23(6,7)8)19(21)11-9-15(5)10-12-19/h13-17,21H,9-12H2,1-8H3/t15?,17-,19?/m0/s1. The molecule has 0 saturated heterocycles. The van der Waals surface area contributed by atoms with Crippen LogP contribution in [0.4, 0.5) is 0 Å². The number of hydrogen-bond donors (Lipinski definition) is 1. The summed E-state index contributed by atoms with van der Waals surface area (Å²) in [4.78, 5) is 13.0. The van der Waals surface area contributed by atoms with E-state index in [0.29, 0.717) is 17.8 Å². The Balaban J connectivity index is 3.01. The first-order chi connectivity index (χ1) is 10.4. The van der Waals surface area contributed by atoms with Gasteiger partial charge in [-0.2, -0.15) is 0 Å². The molecule has 0 aromatic carbocycles. The first kappa shape index (κ1) is 20.7. The van der Waals surface area contributed by atoms with Crippen LogP contribution in [0.5, 0.6) is 0 Å². The van der Waals surface area contributed by atoms with Gasteiger partial charge in [0.15, 0.2) is 0 Å². The highest BCUT2D eigenvalue weighted by atomic mass is 28.3. The molecule has 0 aromatic heterocycles. The molecule has 136 valence electrons. The Labute approximate surface area is 144 Å². The van der Waals surface area contributed by atoms with Crippen molar-refractivity contribution in [3.05, 3.63) is 0 Å². The van der Waals surface area contributed by atoms with Crippen LogP contribution in [0.15, 0.2) is 0 Å². The Bertz CT molecular complexity index is 382. The van der Waals surface area contributed by atoms with E-state index in [1.807, 2.05) is 0 Å². The van der Waals surface area contributed by atoms with Crippen molar-refractivity contribution in [1.82, 2.24) is 0 Å². The Hall–Kier alpha value is -0.353. The minimum absolute atomic E-state index is 0.0764. The van der Waals surface area contributed by atoms with Crippen molar-refractivity contribution in [3.8, 4) is 0 Å². The molecule has 23 heavy (non-hydrogen) atoms. The second-order valence-corrected chi connectivity index (χ2v) is 14.8. The molecule has 0 bridgehead atoms. The first-order valence-corrected chi connectivity index (χ1v) is 12.9. The van der Waals surface area contributed by atoms with Gasteiger partial charge in [-0.25, -0.2) is 0 Å². The van der Waals surface area contributed by atoms with E-state index in [4.69, 9.17) is 4.74 Å². The molecule has 0 aromatic rings. The molecule has 1 fully saturated rings. The van der Waals surface area contributed by atoms with Crippen molar-refractivity contribution in [2.75, 3.05) is 0 Å². The van der Waals surface area contributed by atoms with E-state index in [1.54, 1.807) is 0 Å². The van der Waals surface area contributed by atoms with Gasteiger partial charge in [-0.1, -0.05) is 54.3 Å². The zero-order chi connectivity index (χ0) is 18.0. The van der Waals surface area contributed by atoms with Gasteiger partial charge in [0.25, 0.3) is 0 Å². The van der Waals surface area contributed by atoms with Gasteiger partial charge in [0, 0.05) is 0 Å². The van der Waals surface area contributed by atoms with Crippen LogP contribution in [0.2, 0.25) is 25.2 Å². The van der Waals surface area contributed by atoms with Gasteiger partial charge in [0.1, 0.15) is 6.10 Å². The summed E-state index contributed by atoms with van der Waals surface area (Å²) in [5.74, 6) is 1.07. The lowest BCUT2D eigenvalue weighted by atomic mass is 9.77. The predicted octanol–water partition coefficient (Wildman–Crippen LogP) is 4.86. The smallest absolute Gasteiger partial charge is 0.309 e. The quantitative estimate of drug-likeness (QED) is 0.554. The number of hydrogen-bond acceptors (Lipinski definition) is 3. The minimum atomic E-state index is -1.89. The third-order valence-corrected chi connectivity index (χ3v) is 7.85. The van der Waals surface area contributed by atoms with Gasteiger partial charge in [-0.15, -0.1) is 0 Å². The molecule has 0 heterocycles. The summed E-state index contributed by atoms with van der Waals surface area (Å²) < 4.78 is 5.94. The average Bonchev–Trinajstić information content (AvgIpc) is 2.37. The topological polar surface area (TPSA) is 46.5 Å². The highest BCUT2D eigenvalue weighted by Crippen LogP contribution is 2.45. The molecule has 4 heteroatoms. The van der Waals surface area contributed by atoms with E-state index >= 15 is 0 Å². The number of esters is 1. The van der Waals surface area contributed by atoms with Gasteiger partial charge < -0.3 is 9.84 Å². The van der Waals surface area contributed by atoms with Crippen molar-refractivity contribution in [2.24, 2.45) is 17.8 Å². The van der Waals surface area contributed by atoms with Crippen LogP contribution in [0.25, 0.3) is 0 Å². The van der Waals surface area contributed by atoms with Gasteiger partial charge in [-0.05, 0) is 43.4 Å². The van der Waals surface area contributed by atoms with Crippen LogP contribution in [0.1, 0.15) is 60.3 Å². The summed E-state index contributed by atoms with van der Waals surface area (Å²) >= 11 is 0. The first-order valence-electron chi connectivity index (χ1n) is 9.31. The van der Waals surface area contributed by atoms with Crippen LogP contribution < -0.4 is 0 Å². The molecule has 0 spiro atoms. The van der Waals surface area contributed by atoms with E-state index in [9.17, 15) is 9.90 Å². The van der Waals surface area contributed by atoms with Crippen molar-refractivity contribution in [2.45, 2.75) is 97.2 Å². The second-order valence-electron chi connectivity index (χ2n) is 9.47. The third kappa shape index (κ3) is 5.32. The van der Waals surface area contributed by atoms with Crippen LogP contribution in [-0.2, 0) is 9.53 Å². The molecule has 1 aliphatic rings. The Morgan fingerprint density at radius 3 is 1.87 bits per heavy atom. The molecule has 0 amide bonds. The molecule has 0 radical (unpaired) electrons. The fourth-order valence-corrected chi connectivity index (χ4v) is 6.85. The lowest BCUT2D eigenvalue weighted by molar-refractivity contribution is -0.161. The van der Waals surface area contributed by atoms with E-state index in [2.05, 4.69) is 54.3 Å². The van der Waals surface area contributed by atoms with Crippen LogP contribution in [0, 0.1) is 17.8 Å². The summed E-state index contributed by atoms with van der Waals surface area (Å²) in [6, 6.07) is 0. The summed E-state index contributed by atoms with van der Waals surface area (Å²) in [6.07, 6.45) is 3.39. The second kappa shape index (κ2) is 7.69. The molecule has 0 unspecified atom stereocenters. The van der Waals surface area contributed by atoms with Crippen molar-refractivity contribution < 1.29 is 14.6 Å². The SMILES string of the molecule is CC1CCC(O)([C@H](C(=O)OC(C(C)C)C(C)C)[Si](C)(C)C)CC1. The molecule has 1 aliphatic carbocycles. The van der Waals surface area contributed by atoms with Gasteiger partial charge in [-0.3, -0.25) is 4.79 Å². The lowest BCUT2D eigenvalue weighted by Gasteiger charge is -2.45. The van der Waals surface area contributed by atoms with Gasteiger partial charge >= 0.3 is 5.97 Å². The average molecular weight is 343 g/mol. The molecule has 1 saturated carbocycles. The fraction of sp³-hybridized carbons (Fsp3) is 0.947. The lowest BCUT2D eigenvalue weighted by Crippen LogP contribution is -2.52. The van der Waals surface area contributed by atoms with Crippen LogP contribution >= 0.6 is 0 Å². The van der Waals surface area contributed by atoms with Crippen molar-refractivity contribution in [1.29, 1.82) is 0 Å². The zero-order valence-electron chi connectivity index (χ0n) is 16.5. The highest BCUT2D eigenvalue weighted by Gasteiger charge is 2.51. The summed E-state index contributed by atoms with van der Waals surface area (Å²) in [7, 11) is -1.89. The minimum Gasteiger partial charge on any atom is -0.462 e. The number of carbonyl (C=O) groups excluding carboxylic acids is 1. The fourth-order valence-electron chi connectivity index (χ4n) is 4.17. The predicted molar refractivity (Wildman–Crippen MR) is 99.2 cm³/mol. The Morgan fingerprint density at radius 1 is 1.09 bits per heavy atom. The maximum absolute atomic E-state index is 13.0. The zero-order valence-corrected chi connectivity index (χ0v) is 17.5. The van der Waals surface area contributed by atoms with Crippen molar-refractivity contribution >= 4 is 14.0 Å². The third-order valence-electron chi connectivity index (χ3n) is 5.35. The molecule has 3 nitrogen and oxygen atoms in total. The number of aliphatic hydroxyl groups is 1. The van der Waals surface area contributed by atoms with Gasteiger partial charge in [0.2, 0.25) is 0 Å². The summed E-state index contributed by atoms with van der Waals surface area (Å²) in [6.45, 7) is 17.1. The van der Waals surface area contributed by atoms with Crippen molar-refractivity contribution in [3.63, 3.8) is 0 Å². The molecular weight excluding hydrogens is 304 g/mol. The van der Waals surface area contributed by atoms with Crippen LogP contribution in [-0.4, -0.2) is 30.9 Å². The van der Waals surface area contributed by atoms with Crippen LogP contribution in [0.3, 0.4) is 0 Å². The number of carbonyl (C=O) groups is 1. The van der Waals surface area contributed by atoms with E-state index < -0.39 is 13.7 Å².